The molecule has 0 unspecified atom stereocenters. The number of rotatable bonds is 3. The highest BCUT2D eigenvalue weighted by Crippen LogP contribution is 2.21. The Morgan fingerprint density at radius 2 is 2.00 bits per heavy atom. The van der Waals surface area contributed by atoms with Gasteiger partial charge < -0.3 is 4.98 Å². The second-order valence-electron chi connectivity index (χ2n) is 3.60. The van der Waals surface area contributed by atoms with Crippen LogP contribution in [0.5, 0.6) is 0 Å². The molecular formula is C12H12ClFN2. The van der Waals surface area contributed by atoms with Gasteiger partial charge in [-0.05, 0) is 31.2 Å². The molecule has 4 heteroatoms. The number of H-pyrrole nitrogens is 1. The fourth-order valence-corrected chi connectivity index (χ4v) is 1.80. The van der Waals surface area contributed by atoms with Crippen LogP contribution in [0.1, 0.15) is 11.5 Å². The Kier molecular flexibility index (Phi) is 3.25. The molecular weight excluding hydrogens is 227 g/mol. The molecule has 0 aliphatic carbocycles. The number of hydrogen-bond donors (Lipinski definition) is 1. The Morgan fingerprint density at radius 3 is 2.62 bits per heavy atom. The summed E-state index contributed by atoms with van der Waals surface area (Å²) in [6.07, 6.45) is 0.712. The van der Waals surface area contributed by atoms with Crippen LogP contribution in [0.15, 0.2) is 24.3 Å². The first-order chi connectivity index (χ1) is 7.70. The molecule has 2 nitrogen and oxygen atoms in total. The van der Waals surface area contributed by atoms with Gasteiger partial charge in [0.2, 0.25) is 0 Å². The maximum atomic E-state index is 12.8. The number of aromatic amines is 1. The zero-order valence-corrected chi connectivity index (χ0v) is 9.68. The summed E-state index contributed by atoms with van der Waals surface area (Å²) in [5.74, 6) is 1.17. The first-order valence-corrected chi connectivity index (χ1v) is 5.61. The van der Waals surface area contributed by atoms with Crippen molar-refractivity contribution in [3.63, 3.8) is 0 Å². The van der Waals surface area contributed by atoms with E-state index in [1.165, 1.54) is 12.1 Å². The quantitative estimate of drug-likeness (QED) is 0.817. The van der Waals surface area contributed by atoms with Gasteiger partial charge >= 0.3 is 0 Å². The van der Waals surface area contributed by atoms with Crippen molar-refractivity contribution in [3.8, 4) is 11.3 Å². The summed E-state index contributed by atoms with van der Waals surface area (Å²) in [7, 11) is 0. The Morgan fingerprint density at radius 1 is 1.31 bits per heavy atom. The van der Waals surface area contributed by atoms with E-state index < -0.39 is 0 Å². The molecule has 0 aliphatic heterocycles. The zero-order chi connectivity index (χ0) is 11.5. The number of alkyl halides is 1. The summed E-state index contributed by atoms with van der Waals surface area (Å²) < 4.78 is 12.8. The number of hydrogen-bond acceptors (Lipinski definition) is 1. The third-order valence-corrected chi connectivity index (χ3v) is 2.57. The molecule has 84 valence electrons. The van der Waals surface area contributed by atoms with E-state index >= 15 is 0 Å². The lowest BCUT2D eigenvalue weighted by atomic mass is 10.1. The molecule has 0 saturated heterocycles. The van der Waals surface area contributed by atoms with Crippen LogP contribution in [0.3, 0.4) is 0 Å². The molecule has 0 radical (unpaired) electrons. The van der Waals surface area contributed by atoms with Crippen LogP contribution in [0.25, 0.3) is 11.3 Å². The van der Waals surface area contributed by atoms with E-state index in [-0.39, 0.29) is 5.82 Å². The second kappa shape index (κ2) is 4.66. The van der Waals surface area contributed by atoms with E-state index in [4.69, 9.17) is 11.6 Å². The maximum absolute atomic E-state index is 12.8. The predicted molar refractivity (Wildman–Crippen MR) is 63.1 cm³/mol. The summed E-state index contributed by atoms with van der Waals surface area (Å²) in [6.45, 7) is 1.95. The van der Waals surface area contributed by atoms with Crippen molar-refractivity contribution >= 4 is 11.6 Å². The van der Waals surface area contributed by atoms with Crippen LogP contribution in [-0.2, 0) is 6.42 Å². The molecule has 16 heavy (non-hydrogen) atoms. The number of imidazole rings is 1. The standard InChI is InChI=1S/C12H12ClFN2/c1-8-12(16-11(15-8)6-7-13)9-2-4-10(14)5-3-9/h2-5H,6-7H2,1H3,(H,15,16). The molecule has 0 aliphatic rings. The van der Waals surface area contributed by atoms with Crippen LogP contribution in [0.4, 0.5) is 4.39 Å². The van der Waals surface area contributed by atoms with Crippen molar-refractivity contribution in [2.45, 2.75) is 13.3 Å². The van der Waals surface area contributed by atoms with Gasteiger partial charge in [0.15, 0.2) is 0 Å². The van der Waals surface area contributed by atoms with Crippen LogP contribution < -0.4 is 0 Å². The normalized spacial score (nSPS) is 10.7. The van der Waals surface area contributed by atoms with Crippen LogP contribution in [-0.4, -0.2) is 15.8 Å². The smallest absolute Gasteiger partial charge is 0.123 e. The molecule has 1 heterocycles. The van der Waals surface area contributed by atoms with Gasteiger partial charge in [0.25, 0.3) is 0 Å². The highest BCUT2D eigenvalue weighted by Gasteiger charge is 2.08. The SMILES string of the molecule is Cc1[nH]c(CCCl)nc1-c1ccc(F)cc1. The van der Waals surface area contributed by atoms with Crippen LogP contribution in [0, 0.1) is 12.7 Å². The minimum absolute atomic E-state index is 0.238. The lowest BCUT2D eigenvalue weighted by Gasteiger charge is -1.97. The molecule has 0 fully saturated rings. The number of aromatic nitrogens is 2. The third kappa shape index (κ3) is 2.25. The summed E-state index contributed by atoms with van der Waals surface area (Å²) in [5, 5.41) is 0. The largest absolute Gasteiger partial charge is 0.346 e. The van der Waals surface area contributed by atoms with Gasteiger partial charge in [0, 0.05) is 23.6 Å². The average molecular weight is 239 g/mol. The Hall–Kier alpha value is -1.35. The fraction of sp³-hybridized carbons (Fsp3) is 0.250. The number of benzene rings is 1. The highest BCUT2D eigenvalue weighted by atomic mass is 35.5. The van der Waals surface area contributed by atoms with E-state index in [0.29, 0.717) is 12.3 Å². The van der Waals surface area contributed by atoms with Gasteiger partial charge in [-0.2, -0.15) is 0 Å². The lowest BCUT2D eigenvalue weighted by Crippen LogP contribution is -1.88. The van der Waals surface area contributed by atoms with Crippen molar-refractivity contribution in [1.29, 1.82) is 0 Å². The Balaban J connectivity index is 2.36. The molecule has 1 aromatic heterocycles. The third-order valence-electron chi connectivity index (χ3n) is 2.38. The number of halogens is 2. The van der Waals surface area contributed by atoms with Crippen LogP contribution in [0.2, 0.25) is 0 Å². The summed E-state index contributed by atoms with van der Waals surface area (Å²) in [5.41, 5.74) is 2.75. The average Bonchev–Trinajstić information content (AvgIpc) is 2.61. The molecule has 0 saturated carbocycles. The maximum Gasteiger partial charge on any atom is 0.123 e. The van der Waals surface area contributed by atoms with E-state index in [2.05, 4.69) is 9.97 Å². The highest BCUT2D eigenvalue weighted by molar-refractivity contribution is 6.17. The van der Waals surface area contributed by atoms with Gasteiger partial charge in [0.1, 0.15) is 11.6 Å². The molecule has 1 aromatic carbocycles. The molecule has 0 amide bonds. The number of nitrogens with zero attached hydrogens (tertiary/aromatic N) is 1. The van der Waals surface area contributed by atoms with E-state index in [9.17, 15) is 4.39 Å². The fourth-order valence-electron chi connectivity index (χ4n) is 1.62. The van der Waals surface area contributed by atoms with E-state index in [1.807, 2.05) is 6.92 Å². The predicted octanol–water partition coefficient (Wildman–Crippen LogP) is 3.31. The van der Waals surface area contributed by atoms with Gasteiger partial charge in [0.05, 0.1) is 5.69 Å². The first-order valence-electron chi connectivity index (χ1n) is 5.08. The van der Waals surface area contributed by atoms with Gasteiger partial charge in [-0.15, -0.1) is 11.6 Å². The second-order valence-corrected chi connectivity index (χ2v) is 3.98. The summed E-state index contributed by atoms with van der Waals surface area (Å²) in [4.78, 5) is 7.61. The first kappa shape index (κ1) is 11.1. The van der Waals surface area contributed by atoms with Gasteiger partial charge in [-0.1, -0.05) is 0 Å². The van der Waals surface area contributed by atoms with Crippen molar-refractivity contribution in [2.24, 2.45) is 0 Å². The number of nitrogens with one attached hydrogen (secondary N) is 1. The van der Waals surface area contributed by atoms with E-state index in [0.717, 1.165) is 22.8 Å². The van der Waals surface area contributed by atoms with Crippen molar-refractivity contribution in [3.05, 3.63) is 41.6 Å². The lowest BCUT2D eigenvalue weighted by molar-refractivity contribution is 0.628. The zero-order valence-electron chi connectivity index (χ0n) is 8.93. The molecule has 0 spiro atoms. The van der Waals surface area contributed by atoms with Crippen LogP contribution >= 0.6 is 11.6 Å². The Bertz CT molecular complexity index is 476. The van der Waals surface area contributed by atoms with E-state index in [1.54, 1.807) is 12.1 Å². The minimum Gasteiger partial charge on any atom is -0.346 e. The monoisotopic (exact) mass is 238 g/mol. The summed E-state index contributed by atoms with van der Waals surface area (Å²) >= 11 is 5.65. The number of aryl methyl sites for hydroxylation is 2. The van der Waals surface area contributed by atoms with Gasteiger partial charge in [-0.25, -0.2) is 9.37 Å². The summed E-state index contributed by atoms with van der Waals surface area (Å²) in [6, 6.07) is 6.32. The molecule has 2 rings (SSSR count). The van der Waals surface area contributed by atoms with Gasteiger partial charge in [-0.3, -0.25) is 0 Å². The topological polar surface area (TPSA) is 28.7 Å². The molecule has 0 bridgehead atoms. The van der Waals surface area contributed by atoms with Crippen molar-refractivity contribution in [2.75, 3.05) is 5.88 Å². The molecule has 2 aromatic rings. The Labute approximate surface area is 98.5 Å². The minimum atomic E-state index is -0.238. The van der Waals surface area contributed by atoms with Crippen molar-refractivity contribution < 1.29 is 4.39 Å². The molecule has 0 atom stereocenters. The van der Waals surface area contributed by atoms with Crippen molar-refractivity contribution in [1.82, 2.24) is 9.97 Å². The molecule has 1 N–H and O–H groups in total.